The van der Waals surface area contributed by atoms with Crippen LogP contribution in [0, 0.1) is 6.92 Å². The van der Waals surface area contributed by atoms with Crippen LogP contribution >= 0.6 is 11.6 Å². The first-order valence-electron chi connectivity index (χ1n) is 7.63. The van der Waals surface area contributed by atoms with E-state index in [9.17, 15) is 0 Å². The highest BCUT2D eigenvalue weighted by molar-refractivity contribution is 6.30. The number of hydrogen-bond donors (Lipinski definition) is 1. The quantitative estimate of drug-likeness (QED) is 0.846. The molecule has 0 aromatic carbocycles. The lowest BCUT2D eigenvalue weighted by atomic mass is 10.1. The maximum atomic E-state index is 6.30. The van der Waals surface area contributed by atoms with Gasteiger partial charge in [0, 0.05) is 31.0 Å². The molecule has 2 heterocycles. The van der Waals surface area contributed by atoms with Gasteiger partial charge in [-0.2, -0.15) is 5.10 Å². The van der Waals surface area contributed by atoms with Gasteiger partial charge in [0.05, 0.1) is 12.2 Å². The van der Waals surface area contributed by atoms with Gasteiger partial charge in [0.1, 0.15) is 5.15 Å². The number of nitrogens with zero attached hydrogens (tertiary/aromatic N) is 3. The maximum Gasteiger partial charge on any atom is 0.131 e. The maximum absolute atomic E-state index is 6.30. The van der Waals surface area contributed by atoms with Crippen molar-refractivity contribution < 1.29 is 0 Å². The second kappa shape index (κ2) is 7.14. The van der Waals surface area contributed by atoms with E-state index in [-0.39, 0.29) is 0 Å². The van der Waals surface area contributed by atoms with Crippen molar-refractivity contribution in [3.05, 3.63) is 40.4 Å². The molecular weight excluding hydrogens is 284 g/mol. The topological polar surface area (TPSA) is 34.8 Å². The molecule has 0 radical (unpaired) electrons. The van der Waals surface area contributed by atoms with Crippen molar-refractivity contribution in [3.63, 3.8) is 0 Å². The van der Waals surface area contributed by atoms with E-state index in [0.717, 1.165) is 42.3 Å². The number of rotatable bonds is 7. The lowest BCUT2D eigenvalue weighted by molar-refractivity contribution is 0.517. The molecule has 21 heavy (non-hydrogen) atoms. The van der Waals surface area contributed by atoms with Gasteiger partial charge in [0.15, 0.2) is 0 Å². The van der Waals surface area contributed by atoms with Crippen LogP contribution in [-0.4, -0.2) is 20.9 Å². The van der Waals surface area contributed by atoms with Crippen LogP contribution in [0.3, 0.4) is 0 Å². The summed E-state index contributed by atoms with van der Waals surface area (Å²) in [5.74, 6) is 0. The Bertz CT molecular complexity index is 585. The van der Waals surface area contributed by atoms with Gasteiger partial charge in [0.2, 0.25) is 0 Å². The van der Waals surface area contributed by atoms with Crippen molar-refractivity contribution in [3.8, 4) is 0 Å². The van der Waals surface area contributed by atoms with Gasteiger partial charge in [-0.25, -0.2) is 0 Å². The summed E-state index contributed by atoms with van der Waals surface area (Å²) in [5, 5.41) is 8.67. The van der Waals surface area contributed by atoms with Gasteiger partial charge in [-0.3, -0.25) is 4.68 Å². The van der Waals surface area contributed by atoms with E-state index in [4.69, 9.17) is 11.6 Å². The van der Waals surface area contributed by atoms with E-state index >= 15 is 0 Å². The van der Waals surface area contributed by atoms with Crippen molar-refractivity contribution in [2.75, 3.05) is 6.54 Å². The largest absolute Gasteiger partial charge is 0.349 e. The molecule has 0 fully saturated rings. The smallest absolute Gasteiger partial charge is 0.131 e. The first-order valence-corrected chi connectivity index (χ1v) is 8.01. The average Bonchev–Trinajstić information content (AvgIpc) is 3.01. The van der Waals surface area contributed by atoms with Crippen LogP contribution in [0.1, 0.15) is 49.6 Å². The fourth-order valence-electron chi connectivity index (χ4n) is 2.62. The summed E-state index contributed by atoms with van der Waals surface area (Å²) < 4.78 is 3.91. The lowest BCUT2D eigenvalue weighted by Gasteiger charge is -2.15. The molecule has 0 aliphatic carbocycles. The minimum Gasteiger partial charge on any atom is -0.349 e. The van der Waals surface area contributed by atoms with Crippen LogP contribution in [0.25, 0.3) is 0 Å². The molecule has 1 N–H and O–H groups in total. The van der Waals surface area contributed by atoms with Crippen LogP contribution < -0.4 is 5.32 Å². The predicted octanol–water partition coefficient (Wildman–Crippen LogP) is 3.68. The Morgan fingerprint density at radius 3 is 2.71 bits per heavy atom. The van der Waals surface area contributed by atoms with E-state index in [2.05, 4.69) is 47.3 Å². The monoisotopic (exact) mass is 308 g/mol. The summed E-state index contributed by atoms with van der Waals surface area (Å²) in [7, 11) is 1.88. The Morgan fingerprint density at radius 2 is 2.14 bits per heavy atom. The van der Waals surface area contributed by atoms with E-state index in [1.54, 1.807) is 4.68 Å². The first-order chi connectivity index (χ1) is 10.1. The van der Waals surface area contributed by atoms with Crippen LogP contribution in [0.5, 0.6) is 0 Å². The Balaban J connectivity index is 2.12. The number of hydrogen-bond acceptors (Lipinski definition) is 2. The lowest BCUT2D eigenvalue weighted by Crippen LogP contribution is -2.21. The molecule has 0 saturated carbocycles. The minimum atomic E-state index is 0.427. The summed E-state index contributed by atoms with van der Waals surface area (Å²) in [6, 6.07) is 2.62. The molecule has 2 aromatic rings. The highest BCUT2D eigenvalue weighted by Crippen LogP contribution is 2.22. The molecule has 0 bridgehead atoms. The van der Waals surface area contributed by atoms with Crippen molar-refractivity contribution in [2.24, 2.45) is 7.05 Å². The summed E-state index contributed by atoms with van der Waals surface area (Å²) in [6.07, 6.45) is 6.58. The first kappa shape index (κ1) is 16.1. The third kappa shape index (κ3) is 3.69. The minimum absolute atomic E-state index is 0.427. The van der Waals surface area contributed by atoms with E-state index in [1.807, 2.05) is 14.0 Å². The number of halogens is 1. The fourth-order valence-corrected chi connectivity index (χ4v) is 2.85. The Kier molecular flexibility index (Phi) is 5.48. The summed E-state index contributed by atoms with van der Waals surface area (Å²) in [5.41, 5.74) is 3.42. The molecule has 2 aromatic heterocycles. The third-order valence-electron chi connectivity index (χ3n) is 3.84. The Labute approximate surface area is 132 Å². The zero-order valence-electron chi connectivity index (χ0n) is 13.4. The molecule has 4 nitrogen and oxygen atoms in total. The average molecular weight is 309 g/mol. The molecule has 0 aliphatic heterocycles. The number of aromatic nitrogens is 3. The highest BCUT2D eigenvalue weighted by Gasteiger charge is 2.13. The van der Waals surface area contributed by atoms with Crippen molar-refractivity contribution in [1.29, 1.82) is 0 Å². The van der Waals surface area contributed by atoms with Crippen LogP contribution in [0.4, 0.5) is 0 Å². The van der Waals surface area contributed by atoms with Gasteiger partial charge in [-0.05, 0) is 37.9 Å². The summed E-state index contributed by atoms with van der Waals surface area (Å²) in [6.45, 7) is 8.23. The van der Waals surface area contributed by atoms with Gasteiger partial charge in [-0.1, -0.05) is 25.4 Å². The van der Waals surface area contributed by atoms with Crippen LogP contribution in [0.2, 0.25) is 5.15 Å². The molecule has 0 spiro atoms. The number of nitrogens with one attached hydrogen (secondary N) is 1. The summed E-state index contributed by atoms with van der Waals surface area (Å²) >= 11 is 6.30. The molecule has 0 saturated heterocycles. The van der Waals surface area contributed by atoms with Crippen LogP contribution in [0.15, 0.2) is 18.5 Å². The Morgan fingerprint density at radius 1 is 1.38 bits per heavy atom. The molecule has 1 atom stereocenters. The second-order valence-electron chi connectivity index (χ2n) is 5.51. The zero-order chi connectivity index (χ0) is 15.4. The van der Waals surface area contributed by atoms with Gasteiger partial charge in [0.25, 0.3) is 0 Å². The van der Waals surface area contributed by atoms with Crippen LogP contribution in [-0.2, 0) is 13.6 Å². The van der Waals surface area contributed by atoms with Gasteiger partial charge in [-0.15, -0.1) is 0 Å². The molecule has 0 aliphatic rings. The summed E-state index contributed by atoms with van der Waals surface area (Å²) in [4.78, 5) is 0. The standard InChI is InChI=1S/C16H25ClN4/c1-5-8-18-15(6-2)13-7-9-21(10-13)11-14-12(3)19-20(4)16(14)17/h7,9-10,15,18H,5-6,8,11H2,1-4H3. The molecule has 2 rings (SSSR count). The second-order valence-corrected chi connectivity index (χ2v) is 5.87. The van der Waals surface area contributed by atoms with E-state index in [1.165, 1.54) is 5.56 Å². The fraction of sp³-hybridized carbons (Fsp3) is 0.562. The van der Waals surface area contributed by atoms with Gasteiger partial charge >= 0.3 is 0 Å². The van der Waals surface area contributed by atoms with Crippen molar-refractivity contribution >= 4 is 11.6 Å². The number of aryl methyl sites for hydroxylation is 2. The Hall–Kier alpha value is -1.26. The molecule has 0 amide bonds. The van der Waals surface area contributed by atoms with Gasteiger partial charge < -0.3 is 9.88 Å². The normalized spacial score (nSPS) is 12.8. The SMILES string of the molecule is CCCNC(CC)c1ccn(Cc2c(C)nn(C)c2Cl)c1. The third-order valence-corrected chi connectivity index (χ3v) is 4.31. The zero-order valence-corrected chi connectivity index (χ0v) is 14.1. The predicted molar refractivity (Wildman–Crippen MR) is 87.8 cm³/mol. The van der Waals surface area contributed by atoms with E-state index < -0.39 is 0 Å². The van der Waals surface area contributed by atoms with E-state index in [0.29, 0.717) is 6.04 Å². The van der Waals surface area contributed by atoms with Crippen molar-refractivity contribution in [1.82, 2.24) is 19.7 Å². The molecule has 116 valence electrons. The molecule has 5 heteroatoms. The van der Waals surface area contributed by atoms with Crippen molar-refractivity contribution in [2.45, 2.75) is 46.2 Å². The molecular formula is C16H25ClN4. The highest BCUT2D eigenvalue weighted by atomic mass is 35.5. The molecule has 1 unspecified atom stereocenters.